The van der Waals surface area contributed by atoms with Crippen molar-refractivity contribution in [1.82, 2.24) is 9.21 Å². The van der Waals surface area contributed by atoms with Gasteiger partial charge in [0.2, 0.25) is 10.0 Å². The molecule has 2 rings (SSSR count). The van der Waals surface area contributed by atoms with Crippen LogP contribution in [0.4, 0.5) is 0 Å². The number of amides is 1. The number of nitrogens with zero attached hydrogens (tertiary/aromatic N) is 2. The average Bonchev–Trinajstić information content (AvgIpc) is 2.65. The van der Waals surface area contributed by atoms with Crippen LogP contribution >= 0.6 is 0 Å². The van der Waals surface area contributed by atoms with E-state index in [0.29, 0.717) is 0 Å². The Bertz CT molecular complexity index is 812. The molecule has 8 heteroatoms. The van der Waals surface area contributed by atoms with Crippen LogP contribution in [0.3, 0.4) is 0 Å². The van der Waals surface area contributed by atoms with Gasteiger partial charge >= 0.3 is 5.97 Å². The predicted octanol–water partition coefficient (Wildman–Crippen LogP) is 2.66. The van der Waals surface area contributed by atoms with E-state index in [1.54, 1.807) is 18.7 Å². The Morgan fingerprint density at radius 1 is 1.21 bits per heavy atom. The van der Waals surface area contributed by atoms with Crippen LogP contribution in [-0.4, -0.2) is 61.3 Å². The first-order valence-corrected chi connectivity index (χ1v) is 11.1. The van der Waals surface area contributed by atoms with Crippen molar-refractivity contribution in [2.24, 2.45) is 0 Å². The number of piperidine rings is 1. The van der Waals surface area contributed by atoms with Crippen molar-refractivity contribution in [2.75, 3.05) is 13.7 Å². The minimum absolute atomic E-state index is 0.0164. The summed E-state index contributed by atoms with van der Waals surface area (Å²) in [5.74, 6) is -0.939. The standard InChI is InChI=1S/C20H30N2O5S/c1-14(2)21(5)28(25,26)18-11-7-10-17(12-18)20(24)27-13-19(23)22-15(3)8-6-9-16(22)4/h7,10-12,14-16H,6,8-9,13H2,1-5H3/t15-,16-/m1/s1. The van der Waals surface area contributed by atoms with Gasteiger partial charge in [0.25, 0.3) is 5.91 Å². The minimum Gasteiger partial charge on any atom is -0.452 e. The van der Waals surface area contributed by atoms with Gasteiger partial charge in [-0.25, -0.2) is 13.2 Å². The number of ether oxygens (including phenoxy) is 1. The molecule has 0 unspecified atom stereocenters. The van der Waals surface area contributed by atoms with E-state index in [4.69, 9.17) is 4.74 Å². The highest BCUT2D eigenvalue weighted by atomic mass is 32.2. The van der Waals surface area contributed by atoms with Gasteiger partial charge in [-0.05, 0) is 65.2 Å². The Labute approximate surface area is 167 Å². The molecule has 0 bridgehead atoms. The van der Waals surface area contributed by atoms with Gasteiger partial charge in [0.05, 0.1) is 10.5 Å². The Balaban J connectivity index is 2.08. The van der Waals surface area contributed by atoms with E-state index >= 15 is 0 Å². The maximum Gasteiger partial charge on any atom is 0.338 e. The number of carbonyl (C=O) groups is 2. The van der Waals surface area contributed by atoms with Crippen molar-refractivity contribution in [3.05, 3.63) is 29.8 Å². The van der Waals surface area contributed by atoms with Crippen molar-refractivity contribution < 1.29 is 22.7 Å². The molecule has 0 spiro atoms. The number of likely N-dealkylation sites (tertiary alicyclic amines) is 1. The number of sulfonamides is 1. The molecule has 0 saturated carbocycles. The number of benzene rings is 1. The van der Waals surface area contributed by atoms with Crippen molar-refractivity contribution in [2.45, 2.75) is 70.0 Å². The second-order valence-corrected chi connectivity index (χ2v) is 9.65. The second kappa shape index (κ2) is 9.05. The zero-order chi connectivity index (χ0) is 21.1. The van der Waals surface area contributed by atoms with E-state index in [0.717, 1.165) is 19.3 Å². The zero-order valence-electron chi connectivity index (χ0n) is 17.2. The Hall–Kier alpha value is -1.93. The van der Waals surface area contributed by atoms with Crippen LogP contribution in [0.25, 0.3) is 0 Å². The van der Waals surface area contributed by atoms with E-state index in [9.17, 15) is 18.0 Å². The lowest BCUT2D eigenvalue weighted by Crippen LogP contribution is -2.49. The van der Waals surface area contributed by atoms with E-state index in [1.165, 1.54) is 35.6 Å². The van der Waals surface area contributed by atoms with Gasteiger partial charge in [-0.15, -0.1) is 0 Å². The molecule has 28 heavy (non-hydrogen) atoms. The molecular formula is C20H30N2O5S. The fourth-order valence-electron chi connectivity index (χ4n) is 3.43. The molecule has 1 aromatic rings. The Morgan fingerprint density at radius 2 is 1.82 bits per heavy atom. The normalized spacial score (nSPS) is 20.5. The quantitative estimate of drug-likeness (QED) is 0.673. The second-order valence-electron chi connectivity index (χ2n) is 7.65. The molecule has 1 aliphatic rings. The summed E-state index contributed by atoms with van der Waals surface area (Å²) in [6.45, 7) is 7.17. The highest BCUT2D eigenvalue weighted by Gasteiger charge is 2.30. The highest BCUT2D eigenvalue weighted by molar-refractivity contribution is 7.89. The zero-order valence-corrected chi connectivity index (χ0v) is 18.0. The lowest BCUT2D eigenvalue weighted by atomic mass is 9.97. The van der Waals surface area contributed by atoms with Gasteiger partial charge in [-0.3, -0.25) is 4.79 Å². The van der Waals surface area contributed by atoms with Crippen LogP contribution in [0.5, 0.6) is 0 Å². The Morgan fingerprint density at radius 3 is 2.39 bits per heavy atom. The molecule has 0 N–H and O–H groups in total. The summed E-state index contributed by atoms with van der Waals surface area (Å²) < 4.78 is 31.6. The molecule has 0 aliphatic carbocycles. The summed E-state index contributed by atoms with van der Waals surface area (Å²) in [5, 5.41) is 0. The minimum atomic E-state index is -3.71. The molecule has 0 radical (unpaired) electrons. The lowest BCUT2D eigenvalue weighted by molar-refractivity contribution is -0.140. The summed E-state index contributed by atoms with van der Waals surface area (Å²) in [5.41, 5.74) is 0.103. The first-order valence-electron chi connectivity index (χ1n) is 9.62. The van der Waals surface area contributed by atoms with Crippen LogP contribution in [0.2, 0.25) is 0 Å². The summed E-state index contributed by atoms with van der Waals surface area (Å²) in [7, 11) is -2.22. The molecule has 1 fully saturated rings. The van der Waals surface area contributed by atoms with Gasteiger partial charge in [-0.2, -0.15) is 4.31 Å². The largest absolute Gasteiger partial charge is 0.452 e. The van der Waals surface area contributed by atoms with Gasteiger partial charge in [-0.1, -0.05) is 6.07 Å². The van der Waals surface area contributed by atoms with E-state index in [1.807, 2.05) is 13.8 Å². The smallest absolute Gasteiger partial charge is 0.338 e. The maximum atomic E-state index is 12.6. The van der Waals surface area contributed by atoms with Crippen LogP contribution < -0.4 is 0 Å². The molecule has 1 heterocycles. The van der Waals surface area contributed by atoms with Crippen LogP contribution in [0.15, 0.2) is 29.2 Å². The van der Waals surface area contributed by atoms with Crippen LogP contribution in [0.1, 0.15) is 57.3 Å². The number of esters is 1. The van der Waals surface area contributed by atoms with E-state index < -0.39 is 16.0 Å². The lowest BCUT2D eigenvalue weighted by Gasteiger charge is -2.38. The molecular weight excluding hydrogens is 380 g/mol. The molecule has 0 aromatic heterocycles. The van der Waals surface area contributed by atoms with Crippen LogP contribution in [0, 0.1) is 0 Å². The molecule has 1 saturated heterocycles. The van der Waals surface area contributed by atoms with Crippen LogP contribution in [-0.2, 0) is 19.6 Å². The molecule has 1 aromatic carbocycles. The third-order valence-electron chi connectivity index (χ3n) is 5.28. The fraction of sp³-hybridized carbons (Fsp3) is 0.600. The monoisotopic (exact) mass is 410 g/mol. The van der Waals surface area contributed by atoms with Gasteiger partial charge in [0.15, 0.2) is 6.61 Å². The first kappa shape index (κ1) is 22.4. The number of rotatable bonds is 6. The maximum absolute atomic E-state index is 12.6. The van der Waals surface area contributed by atoms with Crippen molar-refractivity contribution in [1.29, 1.82) is 0 Å². The van der Waals surface area contributed by atoms with Gasteiger partial charge in [0.1, 0.15) is 0 Å². The average molecular weight is 411 g/mol. The third-order valence-corrected chi connectivity index (χ3v) is 7.31. The Kier molecular flexibility index (Phi) is 7.22. The summed E-state index contributed by atoms with van der Waals surface area (Å²) >= 11 is 0. The topological polar surface area (TPSA) is 84.0 Å². The summed E-state index contributed by atoms with van der Waals surface area (Å²) in [6, 6.07) is 5.72. The summed E-state index contributed by atoms with van der Waals surface area (Å²) in [4.78, 5) is 26.7. The van der Waals surface area contributed by atoms with E-state index in [-0.39, 0.29) is 41.1 Å². The fourth-order valence-corrected chi connectivity index (χ4v) is 4.84. The number of carbonyl (C=O) groups excluding carboxylic acids is 2. The van der Waals surface area contributed by atoms with Crippen molar-refractivity contribution in [3.8, 4) is 0 Å². The van der Waals surface area contributed by atoms with Crippen molar-refractivity contribution >= 4 is 21.9 Å². The predicted molar refractivity (Wildman–Crippen MR) is 106 cm³/mol. The number of hydrogen-bond donors (Lipinski definition) is 0. The molecule has 1 aliphatic heterocycles. The third kappa shape index (κ3) is 4.91. The highest BCUT2D eigenvalue weighted by Crippen LogP contribution is 2.23. The van der Waals surface area contributed by atoms with Gasteiger partial charge in [0, 0.05) is 25.2 Å². The van der Waals surface area contributed by atoms with E-state index in [2.05, 4.69) is 0 Å². The molecule has 156 valence electrons. The van der Waals surface area contributed by atoms with Crippen molar-refractivity contribution in [3.63, 3.8) is 0 Å². The number of hydrogen-bond acceptors (Lipinski definition) is 5. The molecule has 1 amide bonds. The summed E-state index contributed by atoms with van der Waals surface area (Å²) in [6.07, 6.45) is 2.96. The first-order chi connectivity index (χ1) is 13.1. The molecule has 7 nitrogen and oxygen atoms in total. The SMILES string of the molecule is CC(C)N(C)S(=O)(=O)c1cccc(C(=O)OCC(=O)N2[C@H](C)CCC[C@H]2C)c1. The molecule has 2 atom stereocenters. The van der Waals surface area contributed by atoms with Gasteiger partial charge < -0.3 is 9.64 Å².